The Labute approximate surface area is 662 Å². The second kappa shape index (κ2) is 35.3. The van der Waals surface area contributed by atoms with Crippen molar-refractivity contribution in [3.05, 3.63) is 299 Å². The van der Waals surface area contributed by atoms with E-state index in [2.05, 4.69) is 56.5 Å². The Balaban J connectivity index is 0.000000173. The largest absolute Gasteiger partial charge is 0.481 e. The van der Waals surface area contributed by atoms with Gasteiger partial charge in [-0.1, -0.05) is 223 Å². The highest BCUT2D eigenvalue weighted by Gasteiger charge is 2.57. The maximum atomic E-state index is 14.4. The van der Waals surface area contributed by atoms with Crippen LogP contribution in [0.15, 0.2) is 219 Å². The number of likely N-dealkylation sites (tertiary alicyclic amines) is 3. The predicted octanol–water partition coefficient (Wildman–Crippen LogP) is 22.0. The molecule has 564 valence electrons. The number of benzene rings is 6. The van der Waals surface area contributed by atoms with Crippen molar-refractivity contribution in [3.63, 3.8) is 0 Å². The lowest BCUT2D eigenvalue weighted by molar-refractivity contribution is -0.162. The van der Waals surface area contributed by atoms with Crippen molar-refractivity contribution < 1.29 is 44.1 Å². The molecule has 3 aromatic heterocycles. The van der Waals surface area contributed by atoms with Crippen LogP contribution < -0.4 is 0 Å². The molecule has 6 heterocycles. The van der Waals surface area contributed by atoms with Crippen LogP contribution >= 0.6 is 69.6 Å². The summed E-state index contributed by atoms with van der Waals surface area (Å²) in [7, 11) is 0. The van der Waals surface area contributed by atoms with Crippen molar-refractivity contribution in [3.8, 4) is 0 Å². The Hall–Kier alpha value is -8.67. The average Bonchev–Trinajstić information content (AvgIpc) is 0.745. The molecule has 3 amide bonds. The normalized spacial score (nSPS) is 23.1. The zero-order valence-corrected chi connectivity index (χ0v) is 66.2. The standard InChI is InChI=1S/3C29H30Cl2N2O3/c3*1-18(2)26(24-9-4-5-14-32-24)33-27(19-10-12-21(30)13-11-19)23(20-7-6-8-22(31)15-20)16-29(3,28(33)36)17-25(34)35/h3*4-15,18,23,26-27H,16-17H2,1-3H3,(H,34,35)/t2*23-,26+,27-,29-;23-,26-,27-,29-/m111/s1. The van der Waals surface area contributed by atoms with E-state index in [1.54, 1.807) is 39.4 Å². The van der Waals surface area contributed by atoms with Gasteiger partial charge in [0.05, 0.1) is 88.8 Å². The third-order valence-electron chi connectivity index (χ3n) is 21.2. The number of amides is 3. The fourth-order valence-electron chi connectivity index (χ4n) is 16.6. The summed E-state index contributed by atoms with van der Waals surface area (Å²) in [5, 5.41) is 33.0. The predicted molar refractivity (Wildman–Crippen MR) is 426 cm³/mol. The van der Waals surface area contributed by atoms with Crippen molar-refractivity contribution in [1.82, 2.24) is 29.7 Å². The Morgan fingerprint density at radius 1 is 0.352 bits per heavy atom. The summed E-state index contributed by atoms with van der Waals surface area (Å²) >= 11 is 37.9. The van der Waals surface area contributed by atoms with Gasteiger partial charge >= 0.3 is 17.9 Å². The van der Waals surface area contributed by atoms with Gasteiger partial charge < -0.3 is 30.0 Å². The summed E-state index contributed by atoms with van der Waals surface area (Å²) in [6, 6.07) is 60.3. The van der Waals surface area contributed by atoms with E-state index in [1.165, 1.54) is 0 Å². The van der Waals surface area contributed by atoms with Crippen LogP contribution in [0.5, 0.6) is 0 Å². The second-order valence-electron chi connectivity index (χ2n) is 30.4. The van der Waals surface area contributed by atoms with Crippen molar-refractivity contribution in [1.29, 1.82) is 0 Å². The minimum Gasteiger partial charge on any atom is -0.481 e. The van der Waals surface area contributed by atoms with E-state index in [1.807, 2.05) is 215 Å². The van der Waals surface area contributed by atoms with E-state index in [9.17, 15) is 44.1 Å². The van der Waals surface area contributed by atoms with E-state index in [4.69, 9.17) is 69.6 Å². The molecule has 108 heavy (non-hydrogen) atoms. The zero-order valence-electron chi connectivity index (χ0n) is 61.7. The first-order valence-corrected chi connectivity index (χ1v) is 38.5. The number of carbonyl (C=O) groups is 6. The fourth-order valence-corrected chi connectivity index (χ4v) is 17.6. The summed E-state index contributed by atoms with van der Waals surface area (Å²) in [5.74, 6) is -4.10. The third kappa shape index (κ3) is 18.8. The topological polar surface area (TPSA) is 211 Å². The Kier molecular flexibility index (Phi) is 26.8. The number of piperidine rings is 3. The van der Waals surface area contributed by atoms with Crippen LogP contribution in [-0.4, -0.2) is 80.6 Å². The Bertz CT molecular complexity index is 4160. The molecule has 0 saturated carbocycles. The van der Waals surface area contributed by atoms with Crippen LogP contribution in [0.3, 0.4) is 0 Å². The summed E-state index contributed by atoms with van der Waals surface area (Å²) in [5.41, 5.74) is 4.64. The zero-order chi connectivity index (χ0) is 78.1. The van der Waals surface area contributed by atoms with Crippen LogP contribution in [0.2, 0.25) is 30.1 Å². The number of aliphatic carboxylic acids is 3. The molecule has 21 heteroatoms. The molecule has 12 atom stereocenters. The molecule has 0 radical (unpaired) electrons. The maximum absolute atomic E-state index is 14.4. The Morgan fingerprint density at radius 3 is 0.787 bits per heavy atom. The summed E-state index contributed by atoms with van der Waals surface area (Å²) in [6.45, 7) is 17.6. The maximum Gasteiger partial charge on any atom is 0.304 e. The lowest BCUT2D eigenvalue weighted by Gasteiger charge is -2.52. The third-order valence-corrected chi connectivity index (χ3v) is 22.6. The first-order chi connectivity index (χ1) is 51.3. The molecule has 3 aliphatic heterocycles. The Morgan fingerprint density at radius 2 is 0.593 bits per heavy atom. The molecule has 12 rings (SSSR count). The summed E-state index contributed by atoms with van der Waals surface area (Å²) in [4.78, 5) is 98.5. The quantitative estimate of drug-likeness (QED) is 0.0613. The van der Waals surface area contributed by atoms with Gasteiger partial charge in [0.2, 0.25) is 17.7 Å². The molecule has 3 fully saturated rings. The van der Waals surface area contributed by atoms with Crippen molar-refractivity contribution >= 4 is 105 Å². The number of carboxylic acid groups (broad SMARTS) is 3. The number of aromatic nitrogens is 3. The molecule has 6 aromatic carbocycles. The molecule has 3 aliphatic rings. The number of rotatable bonds is 21. The van der Waals surface area contributed by atoms with Gasteiger partial charge in [-0.3, -0.25) is 43.7 Å². The molecule has 15 nitrogen and oxygen atoms in total. The SMILES string of the molecule is CC(C)[C@@H](c1ccccn1)N1C(=O)[C@@](C)(CC(=O)O)C[C@H](c2cccc(Cl)c2)[C@H]1c1ccc(Cl)cc1.CC(C)[C@@H](c1ccccn1)N1C(=O)[C@@](C)(CC(=O)O)C[C@H](c2cccc(Cl)c2)[C@H]1c1ccc(Cl)cc1.CC(C)[C@H](c1ccccn1)N1C(=O)[C@@](C)(CC(=O)O)C[C@H](c2cccc(Cl)c2)[C@H]1c1ccc(Cl)cc1. The van der Waals surface area contributed by atoms with E-state index < -0.39 is 34.2 Å². The highest BCUT2D eigenvalue weighted by atomic mass is 35.5. The van der Waals surface area contributed by atoms with E-state index >= 15 is 0 Å². The second-order valence-corrected chi connectivity index (χ2v) is 33.1. The molecule has 9 aromatic rings. The number of pyridine rings is 3. The van der Waals surface area contributed by atoms with Gasteiger partial charge in [0.1, 0.15) is 0 Å². The number of carbonyl (C=O) groups excluding carboxylic acids is 3. The number of nitrogens with zero attached hydrogens (tertiary/aromatic N) is 6. The average molecular weight is 1580 g/mol. The molecular weight excluding hydrogens is 1490 g/mol. The molecule has 0 spiro atoms. The van der Waals surface area contributed by atoms with Crippen molar-refractivity contribution in [2.24, 2.45) is 34.0 Å². The minimum atomic E-state index is -1.11. The van der Waals surface area contributed by atoms with Crippen molar-refractivity contribution in [2.45, 2.75) is 155 Å². The lowest BCUT2D eigenvalue weighted by atomic mass is 9.66. The van der Waals surface area contributed by atoms with Crippen LogP contribution in [0.25, 0.3) is 0 Å². The lowest BCUT2D eigenvalue weighted by Crippen LogP contribution is -2.54. The van der Waals surface area contributed by atoms with Gasteiger partial charge in [0.25, 0.3) is 0 Å². The monoisotopic (exact) mass is 1570 g/mol. The molecule has 3 N–H and O–H groups in total. The van der Waals surface area contributed by atoms with Gasteiger partial charge in [0, 0.05) is 66.5 Å². The van der Waals surface area contributed by atoms with Crippen LogP contribution in [-0.2, 0) is 28.8 Å². The molecule has 0 aliphatic carbocycles. The smallest absolute Gasteiger partial charge is 0.304 e. The highest BCUT2D eigenvalue weighted by Crippen LogP contribution is 2.58. The first kappa shape index (κ1) is 81.8. The number of halogens is 6. The van der Waals surface area contributed by atoms with E-state index in [0.29, 0.717) is 49.4 Å². The molecule has 0 bridgehead atoms. The minimum absolute atomic E-state index is 0.0193. The summed E-state index contributed by atoms with van der Waals surface area (Å²) in [6.07, 6.45) is 5.49. The molecule has 3 saturated heterocycles. The van der Waals surface area contributed by atoms with Crippen LogP contribution in [0.4, 0.5) is 0 Å². The van der Waals surface area contributed by atoms with Crippen molar-refractivity contribution in [2.75, 3.05) is 0 Å². The molecular formula is C87H90Cl6N6O9. The van der Waals surface area contributed by atoms with E-state index in [-0.39, 0.29) is 109 Å². The van der Waals surface area contributed by atoms with Gasteiger partial charge in [-0.25, -0.2) is 0 Å². The van der Waals surface area contributed by atoms with Crippen LogP contribution in [0, 0.1) is 34.0 Å². The highest BCUT2D eigenvalue weighted by molar-refractivity contribution is 6.32. The van der Waals surface area contributed by atoms with Gasteiger partial charge in [0.15, 0.2) is 0 Å². The van der Waals surface area contributed by atoms with Crippen LogP contribution in [0.1, 0.15) is 205 Å². The van der Waals surface area contributed by atoms with Gasteiger partial charge in [-0.15, -0.1) is 0 Å². The summed E-state index contributed by atoms with van der Waals surface area (Å²) < 4.78 is 0. The fraction of sp³-hybridized carbons (Fsp3) is 0.345. The van der Waals surface area contributed by atoms with Gasteiger partial charge in [-0.2, -0.15) is 0 Å². The number of hydrogen-bond donors (Lipinski definition) is 3. The number of carboxylic acids is 3. The first-order valence-electron chi connectivity index (χ1n) is 36.2. The van der Waals surface area contributed by atoms with Gasteiger partial charge in [-0.05, 0) is 180 Å². The number of hydrogen-bond acceptors (Lipinski definition) is 9. The van der Waals surface area contributed by atoms with E-state index in [0.717, 1.165) is 50.5 Å². The molecule has 0 unspecified atom stereocenters.